The van der Waals surface area contributed by atoms with Crippen molar-refractivity contribution in [1.82, 2.24) is 5.32 Å². The Hall–Kier alpha value is -1.79. The lowest BCUT2D eigenvalue weighted by atomic mass is 9.93. The van der Waals surface area contributed by atoms with Crippen LogP contribution in [0.5, 0.6) is 0 Å². The topological polar surface area (TPSA) is 52.9 Å². The molecule has 0 aliphatic rings. The zero-order valence-corrected chi connectivity index (χ0v) is 12.8. The summed E-state index contributed by atoms with van der Waals surface area (Å²) in [4.78, 5) is 11.9. The van der Waals surface area contributed by atoms with Crippen LogP contribution in [0.2, 0.25) is 5.02 Å². The highest BCUT2D eigenvalue weighted by molar-refractivity contribution is 6.30. The highest BCUT2D eigenvalue weighted by Crippen LogP contribution is 2.17. The fourth-order valence-electron chi connectivity index (χ4n) is 1.65. The van der Waals surface area contributed by atoms with E-state index in [1.165, 1.54) is 0 Å². The number of amides is 1. The van der Waals surface area contributed by atoms with E-state index in [0.717, 1.165) is 5.56 Å². The number of hydrogen-bond acceptors (Lipinski definition) is 2. The van der Waals surface area contributed by atoms with Crippen molar-refractivity contribution in [3.8, 4) is 6.07 Å². The van der Waals surface area contributed by atoms with Crippen LogP contribution in [-0.4, -0.2) is 12.5 Å². The van der Waals surface area contributed by atoms with E-state index < -0.39 is 0 Å². The summed E-state index contributed by atoms with van der Waals surface area (Å²) >= 11 is 5.80. The van der Waals surface area contributed by atoms with Gasteiger partial charge in [-0.1, -0.05) is 50.6 Å². The minimum absolute atomic E-state index is 0.161. The number of carbonyl (C=O) groups excluding carboxylic acids is 1. The number of rotatable bonds is 4. The molecule has 1 rings (SSSR count). The van der Waals surface area contributed by atoms with Crippen molar-refractivity contribution < 1.29 is 4.79 Å². The molecule has 0 aliphatic heterocycles. The molecule has 1 N–H and O–H groups in total. The number of allylic oxidation sites excluding steroid dienone is 1. The standard InChI is InChI=1S/C16H19ClN2O/c1-16(2,3)10-13(11-18)15(20)19-9-8-12-4-6-14(17)7-5-12/h4-7,10H,8-9H2,1-3H3,(H,19,20). The van der Waals surface area contributed by atoms with Crippen molar-refractivity contribution in [3.05, 3.63) is 46.5 Å². The van der Waals surface area contributed by atoms with Gasteiger partial charge in [0.2, 0.25) is 0 Å². The second-order valence-corrected chi connectivity index (χ2v) is 6.10. The molecule has 0 bridgehead atoms. The molecule has 0 fully saturated rings. The summed E-state index contributed by atoms with van der Waals surface area (Å²) in [5, 5.41) is 12.5. The first-order valence-corrected chi connectivity index (χ1v) is 6.85. The van der Waals surface area contributed by atoms with Crippen molar-refractivity contribution in [1.29, 1.82) is 5.26 Å². The predicted molar refractivity (Wildman–Crippen MR) is 81.3 cm³/mol. The Morgan fingerprint density at radius 1 is 1.35 bits per heavy atom. The quantitative estimate of drug-likeness (QED) is 0.681. The fraction of sp³-hybridized carbons (Fsp3) is 0.375. The van der Waals surface area contributed by atoms with E-state index in [4.69, 9.17) is 16.9 Å². The summed E-state index contributed by atoms with van der Waals surface area (Å²) in [7, 11) is 0. The van der Waals surface area contributed by atoms with Crippen LogP contribution in [0.4, 0.5) is 0 Å². The van der Waals surface area contributed by atoms with Gasteiger partial charge in [-0.25, -0.2) is 0 Å². The maximum atomic E-state index is 11.9. The van der Waals surface area contributed by atoms with Crippen LogP contribution < -0.4 is 5.32 Å². The summed E-state index contributed by atoms with van der Waals surface area (Å²) in [6, 6.07) is 9.43. The van der Waals surface area contributed by atoms with E-state index in [0.29, 0.717) is 18.0 Å². The number of nitrogens with one attached hydrogen (secondary N) is 1. The molecule has 1 amide bonds. The van der Waals surface area contributed by atoms with Crippen LogP contribution >= 0.6 is 11.6 Å². The van der Waals surface area contributed by atoms with Crippen LogP contribution in [-0.2, 0) is 11.2 Å². The largest absolute Gasteiger partial charge is 0.351 e. The molecule has 3 nitrogen and oxygen atoms in total. The van der Waals surface area contributed by atoms with Gasteiger partial charge in [0.15, 0.2) is 0 Å². The Bertz CT molecular complexity index is 533. The first kappa shape index (κ1) is 16.3. The average Bonchev–Trinajstić information content (AvgIpc) is 2.37. The lowest BCUT2D eigenvalue weighted by Crippen LogP contribution is -2.27. The normalized spacial score (nSPS) is 11.8. The van der Waals surface area contributed by atoms with E-state index in [1.807, 2.05) is 51.1 Å². The zero-order chi connectivity index (χ0) is 15.2. The molecule has 106 valence electrons. The van der Waals surface area contributed by atoms with Gasteiger partial charge in [0.05, 0.1) is 0 Å². The van der Waals surface area contributed by atoms with Gasteiger partial charge in [-0.15, -0.1) is 0 Å². The second-order valence-electron chi connectivity index (χ2n) is 5.67. The molecule has 0 saturated carbocycles. The first-order chi connectivity index (χ1) is 9.31. The third kappa shape index (κ3) is 5.90. The zero-order valence-electron chi connectivity index (χ0n) is 12.0. The van der Waals surface area contributed by atoms with Gasteiger partial charge in [0, 0.05) is 11.6 Å². The van der Waals surface area contributed by atoms with Gasteiger partial charge in [-0.2, -0.15) is 5.26 Å². The number of carbonyl (C=O) groups is 1. The number of benzene rings is 1. The maximum absolute atomic E-state index is 11.9. The van der Waals surface area contributed by atoms with Crippen molar-refractivity contribution in [2.24, 2.45) is 5.41 Å². The SMILES string of the molecule is CC(C)(C)C=C(C#N)C(=O)NCCc1ccc(Cl)cc1. The van der Waals surface area contributed by atoms with Crippen molar-refractivity contribution in [2.75, 3.05) is 6.54 Å². The summed E-state index contributed by atoms with van der Waals surface area (Å²) < 4.78 is 0. The highest BCUT2D eigenvalue weighted by atomic mass is 35.5. The molecular formula is C16H19ClN2O. The molecule has 0 radical (unpaired) electrons. The summed E-state index contributed by atoms with van der Waals surface area (Å²) in [6.07, 6.45) is 2.39. The Labute approximate surface area is 125 Å². The van der Waals surface area contributed by atoms with Crippen molar-refractivity contribution >= 4 is 17.5 Å². The van der Waals surface area contributed by atoms with E-state index in [9.17, 15) is 4.79 Å². The molecule has 20 heavy (non-hydrogen) atoms. The Balaban J connectivity index is 2.53. The van der Waals surface area contributed by atoms with Crippen LogP contribution in [0, 0.1) is 16.7 Å². The Kier molecular flexibility index (Phi) is 5.79. The molecule has 0 saturated heterocycles. The maximum Gasteiger partial charge on any atom is 0.261 e. The number of nitriles is 1. The molecule has 0 unspecified atom stereocenters. The summed E-state index contributed by atoms with van der Waals surface area (Å²) in [5.41, 5.74) is 1.06. The smallest absolute Gasteiger partial charge is 0.261 e. The minimum Gasteiger partial charge on any atom is -0.351 e. The minimum atomic E-state index is -0.323. The van der Waals surface area contributed by atoms with Gasteiger partial charge in [0.25, 0.3) is 5.91 Å². The van der Waals surface area contributed by atoms with E-state index in [2.05, 4.69) is 5.32 Å². The summed E-state index contributed by atoms with van der Waals surface area (Å²) in [5.74, 6) is -0.323. The van der Waals surface area contributed by atoms with E-state index in [-0.39, 0.29) is 16.9 Å². The van der Waals surface area contributed by atoms with Gasteiger partial charge >= 0.3 is 0 Å². The number of hydrogen-bond donors (Lipinski definition) is 1. The van der Waals surface area contributed by atoms with Crippen molar-refractivity contribution in [2.45, 2.75) is 27.2 Å². The predicted octanol–water partition coefficient (Wildman–Crippen LogP) is 3.49. The molecular weight excluding hydrogens is 272 g/mol. The molecule has 0 aromatic heterocycles. The van der Waals surface area contributed by atoms with Crippen LogP contribution in [0.1, 0.15) is 26.3 Å². The molecule has 0 aliphatic carbocycles. The van der Waals surface area contributed by atoms with Crippen LogP contribution in [0.25, 0.3) is 0 Å². The van der Waals surface area contributed by atoms with Crippen molar-refractivity contribution in [3.63, 3.8) is 0 Å². The monoisotopic (exact) mass is 290 g/mol. The third-order valence-corrected chi connectivity index (χ3v) is 2.81. The number of nitrogens with zero attached hydrogens (tertiary/aromatic N) is 1. The average molecular weight is 291 g/mol. The Morgan fingerprint density at radius 2 is 1.95 bits per heavy atom. The van der Waals surface area contributed by atoms with Gasteiger partial charge < -0.3 is 5.32 Å². The number of halogens is 1. The van der Waals surface area contributed by atoms with E-state index in [1.54, 1.807) is 6.08 Å². The third-order valence-electron chi connectivity index (χ3n) is 2.55. The molecule has 0 spiro atoms. The van der Waals surface area contributed by atoms with Gasteiger partial charge in [-0.05, 0) is 29.5 Å². The molecule has 0 atom stereocenters. The second kappa shape index (κ2) is 7.12. The van der Waals surface area contributed by atoms with E-state index >= 15 is 0 Å². The fourth-order valence-corrected chi connectivity index (χ4v) is 1.77. The summed E-state index contributed by atoms with van der Waals surface area (Å²) in [6.45, 7) is 6.34. The molecule has 4 heteroatoms. The van der Waals surface area contributed by atoms with Gasteiger partial charge in [-0.3, -0.25) is 4.79 Å². The molecule has 1 aromatic carbocycles. The lowest BCUT2D eigenvalue weighted by molar-refractivity contribution is -0.117. The molecule has 0 heterocycles. The lowest BCUT2D eigenvalue weighted by Gasteiger charge is -2.13. The first-order valence-electron chi connectivity index (χ1n) is 6.47. The van der Waals surface area contributed by atoms with Gasteiger partial charge in [0.1, 0.15) is 11.6 Å². The van der Waals surface area contributed by atoms with Crippen LogP contribution in [0.3, 0.4) is 0 Å². The highest BCUT2D eigenvalue weighted by Gasteiger charge is 2.14. The molecule has 1 aromatic rings. The Morgan fingerprint density at radius 3 is 2.45 bits per heavy atom. The van der Waals surface area contributed by atoms with Crippen LogP contribution in [0.15, 0.2) is 35.9 Å².